The van der Waals surface area contributed by atoms with Crippen molar-refractivity contribution in [1.82, 2.24) is 0 Å². The van der Waals surface area contributed by atoms with E-state index in [1.807, 2.05) is 0 Å². The van der Waals surface area contributed by atoms with Crippen molar-refractivity contribution >= 4 is 21.8 Å². The van der Waals surface area contributed by atoms with Gasteiger partial charge in [-0.1, -0.05) is 15.9 Å². The Morgan fingerprint density at radius 1 is 1.58 bits per heavy atom. The highest BCUT2D eigenvalue weighted by atomic mass is 79.9. The number of carbonyl (C=O) groups is 1. The normalized spacial score (nSPS) is 9.83. The van der Waals surface area contributed by atoms with Crippen LogP contribution in [0.15, 0.2) is 22.7 Å². The first kappa shape index (κ1) is 9.19. The van der Waals surface area contributed by atoms with Gasteiger partial charge in [0.05, 0.1) is 6.42 Å². The molecule has 2 nitrogen and oxygen atoms in total. The molecular weight excluding hydrogens is 225 g/mol. The van der Waals surface area contributed by atoms with Crippen LogP contribution in [0.1, 0.15) is 5.56 Å². The number of amides is 1. The monoisotopic (exact) mass is 231 g/mol. The summed E-state index contributed by atoms with van der Waals surface area (Å²) in [6, 6.07) is 4.15. The number of benzene rings is 1. The SMILES string of the molecule is NC(=O)Cc1cc(F)ccc1Br. The molecule has 0 aliphatic carbocycles. The molecule has 0 aliphatic heterocycles. The van der Waals surface area contributed by atoms with Crippen molar-refractivity contribution in [2.45, 2.75) is 6.42 Å². The predicted molar refractivity (Wildman–Crippen MR) is 47.0 cm³/mol. The van der Waals surface area contributed by atoms with Crippen molar-refractivity contribution in [3.8, 4) is 0 Å². The van der Waals surface area contributed by atoms with Crippen LogP contribution in [0.25, 0.3) is 0 Å². The zero-order chi connectivity index (χ0) is 9.14. The molecule has 0 fully saturated rings. The topological polar surface area (TPSA) is 43.1 Å². The van der Waals surface area contributed by atoms with E-state index in [1.165, 1.54) is 12.1 Å². The first-order chi connectivity index (χ1) is 5.59. The number of nitrogens with two attached hydrogens (primary N) is 1. The van der Waals surface area contributed by atoms with Crippen LogP contribution >= 0.6 is 15.9 Å². The summed E-state index contributed by atoms with van der Waals surface area (Å²) in [6.45, 7) is 0. The molecule has 0 saturated carbocycles. The van der Waals surface area contributed by atoms with E-state index in [-0.39, 0.29) is 12.2 Å². The lowest BCUT2D eigenvalue weighted by molar-refractivity contribution is -0.117. The summed E-state index contributed by atoms with van der Waals surface area (Å²) in [4.78, 5) is 10.5. The minimum Gasteiger partial charge on any atom is -0.369 e. The van der Waals surface area contributed by atoms with Gasteiger partial charge in [0, 0.05) is 4.47 Å². The Bertz CT molecular complexity index is 314. The maximum atomic E-state index is 12.6. The summed E-state index contributed by atoms with van der Waals surface area (Å²) >= 11 is 3.18. The molecular formula is C8H7BrFNO. The summed E-state index contributed by atoms with van der Waals surface area (Å²) in [6.07, 6.45) is 0.0539. The minimum absolute atomic E-state index is 0.0539. The Kier molecular flexibility index (Phi) is 2.81. The zero-order valence-electron chi connectivity index (χ0n) is 6.18. The lowest BCUT2D eigenvalue weighted by Crippen LogP contribution is -2.14. The van der Waals surface area contributed by atoms with Gasteiger partial charge in [0.25, 0.3) is 0 Å². The molecule has 0 aromatic heterocycles. The van der Waals surface area contributed by atoms with E-state index in [0.717, 1.165) is 0 Å². The van der Waals surface area contributed by atoms with E-state index in [0.29, 0.717) is 10.0 Å². The highest BCUT2D eigenvalue weighted by Crippen LogP contribution is 2.17. The number of hydrogen-bond acceptors (Lipinski definition) is 1. The summed E-state index contributed by atoms with van der Waals surface area (Å²) in [7, 11) is 0. The second-order valence-corrected chi connectivity index (χ2v) is 3.23. The van der Waals surface area contributed by atoms with Crippen LogP contribution in [-0.2, 0) is 11.2 Å². The molecule has 0 bridgehead atoms. The Hall–Kier alpha value is -0.900. The Morgan fingerprint density at radius 3 is 2.83 bits per heavy atom. The molecule has 12 heavy (non-hydrogen) atoms. The lowest BCUT2D eigenvalue weighted by atomic mass is 10.1. The van der Waals surface area contributed by atoms with Gasteiger partial charge in [-0.15, -0.1) is 0 Å². The number of hydrogen-bond donors (Lipinski definition) is 1. The Balaban J connectivity index is 2.97. The van der Waals surface area contributed by atoms with E-state index >= 15 is 0 Å². The van der Waals surface area contributed by atoms with E-state index < -0.39 is 5.91 Å². The molecule has 64 valence electrons. The molecule has 1 rings (SSSR count). The van der Waals surface area contributed by atoms with Crippen LogP contribution in [-0.4, -0.2) is 5.91 Å². The van der Waals surface area contributed by atoms with Gasteiger partial charge in [0.15, 0.2) is 0 Å². The molecule has 1 aromatic carbocycles. The molecule has 0 saturated heterocycles. The molecule has 0 heterocycles. The van der Waals surface area contributed by atoms with E-state index in [1.54, 1.807) is 6.07 Å². The molecule has 2 N–H and O–H groups in total. The number of halogens is 2. The smallest absolute Gasteiger partial charge is 0.221 e. The second-order valence-electron chi connectivity index (χ2n) is 2.38. The molecule has 0 spiro atoms. The number of rotatable bonds is 2. The lowest BCUT2D eigenvalue weighted by Gasteiger charge is -2.00. The molecule has 0 unspecified atom stereocenters. The molecule has 0 atom stereocenters. The fraction of sp³-hybridized carbons (Fsp3) is 0.125. The van der Waals surface area contributed by atoms with Crippen LogP contribution in [0.4, 0.5) is 4.39 Å². The standard InChI is InChI=1S/C8H7BrFNO/c9-7-2-1-6(10)3-5(7)4-8(11)12/h1-3H,4H2,(H2,11,12). The van der Waals surface area contributed by atoms with Crippen LogP contribution < -0.4 is 5.73 Å². The Labute approximate surface area is 77.7 Å². The third kappa shape index (κ3) is 2.30. The van der Waals surface area contributed by atoms with Crippen molar-refractivity contribution < 1.29 is 9.18 Å². The van der Waals surface area contributed by atoms with Gasteiger partial charge < -0.3 is 5.73 Å². The third-order valence-corrected chi connectivity index (χ3v) is 2.15. The van der Waals surface area contributed by atoms with Gasteiger partial charge in [0.2, 0.25) is 5.91 Å². The summed E-state index contributed by atoms with van der Waals surface area (Å²) in [5.41, 5.74) is 5.53. The Morgan fingerprint density at radius 2 is 2.25 bits per heavy atom. The van der Waals surface area contributed by atoms with E-state index in [9.17, 15) is 9.18 Å². The van der Waals surface area contributed by atoms with Gasteiger partial charge in [0.1, 0.15) is 5.82 Å². The van der Waals surface area contributed by atoms with Gasteiger partial charge >= 0.3 is 0 Å². The van der Waals surface area contributed by atoms with Crippen molar-refractivity contribution in [2.75, 3.05) is 0 Å². The van der Waals surface area contributed by atoms with Crippen LogP contribution in [0, 0.1) is 5.82 Å². The minimum atomic E-state index is -0.471. The second kappa shape index (κ2) is 3.67. The van der Waals surface area contributed by atoms with Crippen molar-refractivity contribution in [2.24, 2.45) is 5.73 Å². The maximum absolute atomic E-state index is 12.6. The number of primary amides is 1. The van der Waals surface area contributed by atoms with Crippen molar-refractivity contribution in [3.63, 3.8) is 0 Å². The van der Waals surface area contributed by atoms with Crippen LogP contribution in [0.3, 0.4) is 0 Å². The zero-order valence-corrected chi connectivity index (χ0v) is 7.77. The summed E-state index contributed by atoms with van der Waals surface area (Å²) < 4.78 is 13.3. The average Bonchev–Trinajstić information content (AvgIpc) is 1.96. The molecule has 1 amide bonds. The van der Waals surface area contributed by atoms with Crippen molar-refractivity contribution in [1.29, 1.82) is 0 Å². The van der Waals surface area contributed by atoms with Crippen molar-refractivity contribution in [3.05, 3.63) is 34.1 Å². The molecule has 0 aliphatic rings. The average molecular weight is 232 g/mol. The van der Waals surface area contributed by atoms with E-state index in [2.05, 4.69) is 15.9 Å². The highest BCUT2D eigenvalue weighted by molar-refractivity contribution is 9.10. The molecule has 1 aromatic rings. The fourth-order valence-electron chi connectivity index (χ4n) is 0.866. The predicted octanol–water partition coefficient (Wildman–Crippen LogP) is 1.62. The quantitative estimate of drug-likeness (QED) is 0.827. The van der Waals surface area contributed by atoms with Gasteiger partial charge in [-0.2, -0.15) is 0 Å². The largest absolute Gasteiger partial charge is 0.369 e. The first-order valence-electron chi connectivity index (χ1n) is 3.32. The fourth-order valence-corrected chi connectivity index (χ4v) is 1.25. The third-order valence-electron chi connectivity index (χ3n) is 1.37. The van der Waals surface area contributed by atoms with Crippen LogP contribution in [0.5, 0.6) is 0 Å². The molecule has 0 radical (unpaired) electrons. The summed E-state index contributed by atoms with van der Waals surface area (Å²) in [5.74, 6) is -0.837. The van der Waals surface area contributed by atoms with Crippen LogP contribution in [0.2, 0.25) is 0 Å². The van der Waals surface area contributed by atoms with Gasteiger partial charge in [-0.05, 0) is 23.8 Å². The number of carbonyl (C=O) groups excluding carboxylic acids is 1. The highest BCUT2D eigenvalue weighted by Gasteiger charge is 2.04. The van der Waals surface area contributed by atoms with E-state index in [4.69, 9.17) is 5.73 Å². The van der Waals surface area contributed by atoms with Gasteiger partial charge in [-0.3, -0.25) is 4.79 Å². The maximum Gasteiger partial charge on any atom is 0.221 e. The summed E-state index contributed by atoms with van der Waals surface area (Å²) in [5, 5.41) is 0. The first-order valence-corrected chi connectivity index (χ1v) is 4.11. The van der Waals surface area contributed by atoms with Gasteiger partial charge in [-0.25, -0.2) is 4.39 Å². The molecule has 4 heteroatoms.